The predicted octanol–water partition coefficient (Wildman–Crippen LogP) is 5.26. The summed E-state index contributed by atoms with van der Waals surface area (Å²) in [6, 6.07) is 14.7. The number of hydrogen-bond acceptors (Lipinski definition) is 4. The van der Waals surface area contributed by atoms with Crippen LogP contribution in [0.25, 0.3) is 0 Å². The van der Waals surface area contributed by atoms with Crippen molar-refractivity contribution in [1.82, 2.24) is 4.90 Å². The van der Waals surface area contributed by atoms with E-state index in [0.29, 0.717) is 28.3 Å². The van der Waals surface area contributed by atoms with Crippen LogP contribution in [-0.2, 0) is 9.59 Å². The van der Waals surface area contributed by atoms with Crippen LogP contribution in [0, 0.1) is 12.8 Å². The molecule has 1 atom stereocenters. The minimum absolute atomic E-state index is 0.0687. The molecule has 0 aromatic heterocycles. The molecule has 1 N–H and O–H groups in total. The Hall–Kier alpha value is -2.31. The minimum Gasteiger partial charge on any atom is -0.326 e. The first-order valence-corrected chi connectivity index (χ1v) is 10.8. The topological polar surface area (TPSA) is 61.8 Å². The Morgan fingerprint density at radius 1 is 1.17 bits per heavy atom. The number of nitrogens with one attached hydrogen (secondary N) is 1. The van der Waals surface area contributed by atoms with Crippen LogP contribution in [0.15, 0.2) is 53.5 Å². The van der Waals surface area contributed by atoms with Gasteiger partial charge in [-0.1, -0.05) is 54.9 Å². The van der Waals surface area contributed by atoms with E-state index in [4.69, 9.17) is 11.6 Å². The SMILES string of the molecule is Cc1ccc(N=C2SC(CC(=O)Nc3ccc(Cl)cc3)C(=O)N2CC(C)C)cc1. The molecule has 0 aliphatic carbocycles. The maximum Gasteiger partial charge on any atom is 0.242 e. The summed E-state index contributed by atoms with van der Waals surface area (Å²) < 4.78 is 0. The number of hydrogen-bond donors (Lipinski definition) is 1. The van der Waals surface area contributed by atoms with E-state index in [1.807, 2.05) is 31.2 Å². The zero-order valence-corrected chi connectivity index (χ0v) is 18.3. The highest BCUT2D eigenvalue weighted by Crippen LogP contribution is 2.32. The van der Waals surface area contributed by atoms with Gasteiger partial charge in [-0.3, -0.25) is 14.5 Å². The van der Waals surface area contributed by atoms with Crippen LogP contribution < -0.4 is 5.32 Å². The first-order valence-electron chi connectivity index (χ1n) is 9.50. The van der Waals surface area contributed by atoms with Crippen LogP contribution >= 0.6 is 23.4 Å². The molecule has 1 unspecified atom stereocenters. The van der Waals surface area contributed by atoms with E-state index < -0.39 is 5.25 Å². The second-order valence-corrected chi connectivity index (χ2v) is 9.04. The van der Waals surface area contributed by atoms with Gasteiger partial charge in [-0.15, -0.1) is 0 Å². The Balaban J connectivity index is 1.73. The molecule has 2 amide bonds. The first-order chi connectivity index (χ1) is 13.8. The molecule has 1 aliphatic heterocycles. The number of nitrogens with zero attached hydrogens (tertiary/aromatic N) is 2. The number of aliphatic imine (C=N–C) groups is 1. The molecule has 29 heavy (non-hydrogen) atoms. The van der Waals surface area contributed by atoms with Crippen LogP contribution in [0.1, 0.15) is 25.8 Å². The fourth-order valence-electron chi connectivity index (χ4n) is 2.90. The Morgan fingerprint density at radius 2 is 1.83 bits per heavy atom. The number of anilines is 1. The monoisotopic (exact) mass is 429 g/mol. The number of halogens is 1. The minimum atomic E-state index is -0.481. The number of rotatable bonds is 6. The third-order valence-corrected chi connectivity index (χ3v) is 5.75. The molecular formula is C22H24ClN3O2S. The normalized spacial score (nSPS) is 18.0. The molecule has 0 spiro atoms. The molecule has 3 rings (SSSR count). The Kier molecular flexibility index (Phi) is 6.98. The lowest BCUT2D eigenvalue weighted by molar-refractivity contribution is -0.128. The summed E-state index contributed by atoms with van der Waals surface area (Å²) in [6.45, 7) is 6.71. The lowest BCUT2D eigenvalue weighted by Crippen LogP contribution is -2.36. The van der Waals surface area contributed by atoms with E-state index in [1.54, 1.807) is 29.2 Å². The molecule has 152 valence electrons. The van der Waals surface area contributed by atoms with Crippen molar-refractivity contribution in [3.8, 4) is 0 Å². The summed E-state index contributed by atoms with van der Waals surface area (Å²) >= 11 is 7.23. The largest absolute Gasteiger partial charge is 0.326 e. The highest BCUT2D eigenvalue weighted by molar-refractivity contribution is 8.15. The van der Waals surface area contributed by atoms with Crippen molar-refractivity contribution >= 4 is 51.7 Å². The standard InChI is InChI=1S/C22H24ClN3O2S/c1-14(2)13-26-21(28)19(12-20(27)24-17-10-6-16(23)7-11-17)29-22(26)25-18-8-4-15(3)5-9-18/h4-11,14,19H,12-13H2,1-3H3,(H,24,27). The van der Waals surface area contributed by atoms with Crippen molar-refractivity contribution in [2.45, 2.75) is 32.4 Å². The van der Waals surface area contributed by atoms with Gasteiger partial charge in [-0.2, -0.15) is 0 Å². The van der Waals surface area contributed by atoms with E-state index in [0.717, 1.165) is 11.3 Å². The summed E-state index contributed by atoms with van der Waals surface area (Å²) in [5, 5.41) is 3.59. The first kappa shape index (κ1) is 21.4. The van der Waals surface area contributed by atoms with Gasteiger partial charge >= 0.3 is 0 Å². The van der Waals surface area contributed by atoms with Crippen LogP contribution in [-0.4, -0.2) is 33.7 Å². The summed E-state index contributed by atoms with van der Waals surface area (Å²) in [7, 11) is 0. The van der Waals surface area contributed by atoms with E-state index in [-0.39, 0.29) is 18.2 Å². The van der Waals surface area contributed by atoms with Crippen molar-refractivity contribution in [3.63, 3.8) is 0 Å². The molecule has 2 aromatic carbocycles. The maximum absolute atomic E-state index is 13.0. The molecule has 5 nitrogen and oxygen atoms in total. The third-order valence-electron chi connectivity index (χ3n) is 4.33. The molecule has 7 heteroatoms. The number of carbonyl (C=O) groups is 2. The van der Waals surface area contributed by atoms with Crippen molar-refractivity contribution in [2.24, 2.45) is 10.9 Å². The number of thioether (sulfide) groups is 1. The van der Waals surface area contributed by atoms with Gasteiger partial charge in [0, 0.05) is 23.7 Å². The zero-order valence-electron chi connectivity index (χ0n) is 16.7. The number of aryl methyl sites for hydroxylation is 1. The average Bonchev–Trinajstić information content (AvgIpc) is 2.94. The Labute approximate surface area is 180 Å². The maximum atomic E-state index is 13.0. The summed E-state index contributed by atoms with van der Waals surface area (Å²) in [5.74, 6) is 0.0180. The number of amides is 2. The predicted molar refractivity (Wildman–Crippen MR) is 121 cm³/mol. The highest BCUT2D eigenvalue weighted by Gasteiger charge is 2.39. The smallest absolute Gasteiger partial charge is 0.242 e. The molecule has 1 heterocycles. The van der Waals surface area contributed by atoms with Crippen molar-refractivity contribution in [2.75, 3.05) is 11.9 Å². The van der Waals surface area contributed by atoms with Gasteiger partial charge < -0.3 is 5.32 Å². The van der Waals surface area contributed by atoms with Gasteiger partial charge in [-0.05, 0) is 49.2 Å². The molecule has 0 bridgehead atoms. The molecule has 0 radical (unpaired) electrons. The summed E-state index contributed by atoms with van der Waals surface area (Å²) in [6.07, 6.45) is 0.0909. The van der Waals surface area contributed by atoms with Crippen molar-refractivity contribution in [1.29, 1.82) is 0 Å². The van der Waals surface area contributed by atoms with Crippen molar-refractivity contribution in [3.05, 3.63) is 59.1 Å². The van der Waals surface area contributed by atoms with E-state index in [9.17, 15) is 9.59 Å². The van der Waals surface area contributed by atoms with Crippen LogP contribution in [0.4, 0.5) is 11.4 Å². The van der Waals surface area contributed by atoms with Gasteiger partial charge in [0.25, 0.3) is 0 Å². The Bertz CT molecular complexity index is 911. The number of carbonyl (C=O) groups excluding carboxylic acids is 2. The van der Waals surface area contributed by atoms with E-state index >= 15 is 0 Å². The van der Waals surface area contributed by atoms with E-state index in [2.05, 4.69) is 24.2 Å². The van der Waals surface area contributed by atoms with Gasteiger partial charge in [0.2, 0.25) is 11.8 Å². The lowest BCUT2D eigenvalue weighted by Gasteiger charge is -2.18. The van der Waals surface area contributed by atoms with Crippen LogP contribution in [0.2, 0.25) is 5.02 Å². The second kappa shape index (κ2) is 9.46. The fourth-order valence-corrected chi connectivity index (χ4v) is 4.19. The molecule has 1 aliphatic rings. The molecule has 0 saturated carbocycles. The van der Waals surface area contributed by atoms with Gasteiger partial charge in [0.1, 0.15) is 5.25 Å². The average molecular weight is 430 g/mol. The van der Waals surface area contributed by atoms with Crippen LogP contribution in [0.5, 0.6) is 0 Å². The van der Waals surface area contributed by atoms with Gasteiger partial charge in [-0.25, -0.2) is 4.99 Å². The van der Waals surface area contributed by atoms with E-state index in [1.165, 1.54) is 11.8 Å². The Morgan fingerprint density at radius 3 is 2.45 bits per heavy atom. The second-order valence-electron chi connectivity index (χ2n) is 7.44. The molecular weight excluding hydrogens is 406 g/mol. The number of benzene rings is 2. The van der Waals surface area contributed by atoms with Gasteiger partial charge in [0.05, 0.1) is 5.69 Å². The summed E-state index contributed by atoms with van der Waals surface area (Å²) in [5.41, 5.74) is 2.60. The quantitative estimate of drug-likeness (QED) is 0.680. The van der Waals surface area contributed by atoms with Crippen LogP contribution in [0.3, 0.4) is 0 Å². The number of amidine groups is 1. The van der Waals surface area contributed by atoms with Gasteiger partial charge in [0.15, 0.2) is 5.17 Å². The molecule has 1 fully saturated rings. The fraction of sp³-hybridized carbons (Fsp3) is 0.318. The lowest BCUT2D eigenvalue weighted by atomic mass is 10.2. The highest BCUT2D eigenvalue weighted by atomic mass is 35.5. The molecule has 1 saturated heterocycles. The zero-order chi connectivity index (χ0) is 21.0. The molecule has 2 aromatic rings. The third kappa shape index (κ3) is 5.84. The summed E-state index contributed by atoms with van der Waals surface area (Å²) in [4.78, 5) is 31.8. The van der Waals surface area contributed by atoms with Crippen molar-refractivity contribution < 1.29 is 9.59 Å².